The lowest BCUT2D eigenvalue weighted by atomic mass is 10.2. The smallest absolute Gasteiger partial charge is 0.257 e. The first-order chi connectivity index (χ1) is 8.65. The van der Waals surface area contributed by atoms with Gasteiger partial charge in [0.1, 0.15) is 0 Å². The molecule has 1 amide bonds. The third-order valence-electron chi connectivity index (χ3n) is 3.00. The number of thiocarbonyl (C=S) groups is 1. The van der Waals surface area contributed by atoms with Gasteiger partial charge in [-0.15, -0.1) is 0 Å². The molecule has 0 aromatic heterocycles. The summed E-state index contributed by atoms with van der Waals surface area (Å²) in [7, 11) is 0. The van der Waals surface area contributed by atoms with Gasteiger partial charge < -0.3 is 5.32 Å². The van der Waals surface area contributed by atoms with E-state index in [1.165, 1.54) is 12.8 Å². The van der Waals surface area contributed by atoms with E-state index < -0.39 is 0 Å². The summed E-state index contributed by atoms with van der Waals surface area (Å²) < 4.78 is 0. The summed E-state index contributed by atoms with van der Waals surface area (Å²) in [6, 6.07) is 7.20. The molecule has 1 aromatic rings. The molecule has 3 nitrogen and oxygen atoms in total. The average Bonchev–Trinajstić information content (AvgIpc) is 2.81. The molecule has 0 spiro atoms. The highest BCUT2D eigenvalue weighted by Crippen LogP contribution is 2.17. The van der Waals surface area contributed by atoms with Crippen LogP contribution in [0.1, 0.15) is 36.0 Å². The van der Waals surface area contributed by atoms with Crippen LogP contribution in [0.15, 0.2) is 24.3 Å². The SMILES string of the molecule is O=C(NC(=S)NC1CCCC1)c1cccc(Cl)c1. The Balaban J connectivity index is 1.88. The summed E-state index contributed by atoms with van der Waals surface area (Å²) in [5, 5.41) is 6.77. The molecule has 18 heavy (non-hydrogen) atoms. The molecule has 0 heterocycles. The summed E-state index contributed by atoms with van der Waals surface area (Å²) in [5.74, 6) is -0.229. The molecule has 1 fully saturated rings. The molecule has 1 aliphatic carbocycles. The number of nitrogens with one attached hydrogen (secondary N) is 2. The molecule has 1 aromatic carbocycles. The van der Waals surface area contributed by atoms with E-state index in [2.05, 4.69) is 10.6 Å². The van der Waals surface area contributed by atoms with Crippen molar-refractivity contribution >= 4 is 34.8 Å². The standard InChI is InChI=1S/C13H15ClN2OS/c14-10-5-3-4-9(8-10)12(17)16-13(18)15-11-6-1-2-7-11/h3-5,8,11H,1-2,6-7H2,(H2,15,16,17,18). The summed E-state index contributed by atoms with van der Waals surface area (Å²) in [5.41, 5.74) is 0.512. The maximum absolute atomic E-state index is 11.9. The highest BCUT2D eigenvalue weighted by atomic mass is 35.5. The first-order valence-electron chi connectivity index (χ1n) is 6.02. The monoisotopic (exact) mass is 282 g/mol. The zero-order valence-corrected chi connectivity index (χ0v) is 11.5. The van der Waals surface area contributed by atoms with Crippen molar-refractivity contribution in [2.75, 3.05) is 0 Å². The lowest BCUT2D eigenvalue weighted by molar-refractivity contribution is 0.0976. The van der Waals surface area contributed by atoms with Crippen LogP contribution in [0.3, 0.4) is 0 Å². The summed E-state index contributed by atoms with van der Waals surface area (Å²) >= 11 is 11.0. The number of rotatable bonds is 2. The van der Waals surface area contributed by atoms with Crippen molar-refractivity contribution in [3.05, 3.63) is 34.9 Å². The fraction of sp³-hybridized carbons (Fsp3) is 0.385. The maximum Gasteiger partial charge on any atom is 0.257 e. The van der Waals surface area contributed by atoms with E-state index in [1.807, 2.05) is 0 Å². The Morgan fingerprint density at radius 2 is 2.06 bits per heavy atom. The van der Waals surface area contributed by atoms with Crippen LogP contribution < -0.4 is 10.6 Å². The molecular weight excluding hydrogens is 268 g/mol. The van der Waals surface area contributed by atoms with Crippen molar-refractivity contribution in [3.63, 3.8) is 0 Å². The Hall–Kier alpha value is -1.13. The second kappa shape index (κ2) is 6.16. The summed E-state index contributed by atoms with van der Waals surface area (Å²) in [4.78, 5) is 11.9. The third-order valence-corrected chi connectivity index (χ3v) is 3.46. The normalized spacial score (nSPS) is 15.4. The lowest BCUT2D eigenvalue weighted by Gasteiger charge is -2.14. The summed E-state index contributed by atoms with van der Waals surface area (Å²) in [6.45, 7) is 0. The highest BCUT2D eigenvalue weighted by Gasteiger charge is 2.16. The van der Waals surface area contributed by atoms with Gasteiger partial charge in [-0.3, -0.25) is 10.1 Å². The maximum atomic E-state index is 11.9. The van der Waals surface area contributed by atoms with E-state index in [4.69, 9.17) is 23.8 Å². The van der Waals surface area contributed by atoms with Crippen LogP contribution in [-0.4, -0.2) is 17.1 Å². The summed E-state index contributed by atoms with van der Waals surface area (Å²) in [6.07, 6.45) is 4.69. The first-order valence-corrected chi connectivity index (χ1v) is 6.81. The molecule has 0 aliphatic heterocycles. The quantitative estimate of drug-likeness (QED) is 0.820. The van der Waals surface area contributed by atoms with E-state index in [0.29, 0.717) is 21.7 Å². The van der Waals surface area contributed by atoms with Gasteiger partial charge in [-0.1, -0.05) is 30.5 Å². The fourth-order valence-electron chi connectivity index (χ4n) is 2.10. The van der Waals surface area contributed by atoms with Gasteiger partial charge in [-0.2, -0.15) is 0 Å². The van der Waals surface area contributed by atoms with Gasteiger partial charge in [-0.25, -0.2) is 0 Å². The lowest BCUT2D eigenvalue weighted by Crippen LogP contribution is -2.43. The molecular formula is C13H15ClN2OS. The third kappa shape index (κ3) is 3.68. The Morgan fingerprint density at radius 3 is 2.72 bits per heavy atom. The van der Waals surface area contributed by atoms with Crippen LogP contribution in [0.5, 0.6) is 0 Å². The number of carbonyl (C=O) groups is 1. The highest BCUT2D eigenvalue weighted by molar-refractivity contribution is 7.80. The average molecular weight is 283 g/mol. The van der Waals surface area contributed by atoms with Crippen molar-refractivity contribution < 1.29 is 4.79 Å². The number of carbonyl (C=O) groups excluding carboxylic acids is 1. The first kappa shape index (κ1) is 13.3. The topological polar surface area (TPSA) is 41.1 Å². The van der Waals surface area contributed by atoms with E-state index >= 15 is 0 Å². The van der Waals surface area contributed by atoms with Gasteiger partial charge in [0.15, 0.2) is 5.11 Å². The van der Waals surface area contributed by atoms with Crippen molar-refractivity contribution in [1.82, 2.24) is 10.6 Å². The van der Waals surface area contributed by atoms with Crippen LogP contribution in [0.2, 0.25) is 5.02 Å². The van der Waals surface area contributed by atoms with E-state index in [9.17, 15) is 4.79 Å². The van der Waals surface area contributed by atoms with Gasteiger partial charge in [0, 0.05) is 16.6 Å². The molecule has 0 saturated heterocycles. The van der Waals surface area contributed by atoms with E-state index in [0.717, 1.165) is 12.8 Å². The minimum absolute atomic E-state index is 0.229. The zero-order chi connectivity index (χ0) is 13.0. The van der Waals surface area contributed by atoms with Gasteiger partial charge in [0.25, 0.3) is 5.91 Å². The van der Waals surface area contributed by atoms with Crippen LogP contribution in [0.25, 0.3) is 0 Å². The molecule has 96 valence electrons. The molecule has 2 rings (SSSR count). The van der Waals surface area contributed by atoms with Crippen LogP contribution in [-0.2, 0) is 0 Å². The number of hydrogen-bond acceptors (Lipinski definition) is 2. The second-order valence-electron chi connectivity index (χ2n) is 4.42. The minimum atomic E-state index is -0.229. The van der Waals surface area contributed by atoms with E-state index in [1.54, 1.807) is 24.3 Å². The number of benzene rings is 1. The van der Waals surface area contributed by atoms with Crippen molar-refractivity contribution in [3.8, 4) is 0 Å². The van der Waals surface area contributed by atoms with Crippen molar-refractivity contribution in [2.24, 2.45) is 0 Å². The Kier molecular flexibility index (Phi) is 4.55. The van der Waals surface area contributed by atoms with Gasteiger partial charge >= 0.3 is 0 Å². The molecule has 0 unspecified atom stereocenters. The predicted molar refractivity (Wildman–Crippen MR) is 76.9 cm³/mol. The number of amides is 1. The molecule has 0 atom stereocenters. The minimum Gasteiger partial charge on any atom is -0.360 e. The van der Waals surface area contributed by atoms with Gasteiger partial charge in [0.2, 0.25) is 0 Å². The Labute approximate surface area is 117 Å². The number of halogens is 1. The number of hydrogen-bond donors (Lipinski definition) is 2. The van der Waals surface area contributed by atoms with Gasteiger partial charge in [-0.05, 0) is 43.3 Å². The predicted octanol–water partition coefficient (Wildman–Crippen LogP) is 2.89. The largest absolute Gasteiger partial charge is 0.360 e. The zero-order valence-electron chi connectivity index (χ0n) is 9.91. The molecule has 2 N–H and O–H groups in total. The van der Waals surface area contributed by atoms with Crippen LogP contribution >= 0.6 is 23.8 Å². The van der Waals surface area contributed by atoms with Gasteiger partial charge in [0.05, 0.1) is 0 Å². The van der Waals surface area contributed by atoms with Crippen LogP contribution in [0, 0.1) is 0 Å². The Bertz CT molecular complexity index is 458. The van der Waals surface area contributed by atoms with E-state index in [-0.39, 0.29) is 5.91 Å². The van der Waals surface area contributed by atoms with Crippen LogP contribution in [0.4, 0.5) is 0 Å². The van der Waals surface area contributed by atoms with Crippen molar-refractivity contribution in [1.29, 1.82) is 0 Å². The molecule has 5 heteroatoms. The molecule has 0 radical (unpaired) electrons. The molecule has 1 saturated carbocycles. The fourth-order valence-corrected chi connectivity index (χ4v) is 2.55. The molecule has 1 aliphatic rings. The van der Waals surface area contributed by atoms with Crippen molar-refractivity contribution in [2.45, 2.75) is 31.7 Å². The molecule has 0 bridgehead atoms. The Morgan fingerprint density at radius 1 is 1.33 bits per heavy atom. The second-order valence-corrected chi connectivity index (χ2v) is 5.26.